The van der Waals surface area contributed by atoms with Gasteiger partial charge in [0.25, 0.3) is 0 Å². The molecule has 0 aliphatic carbocycles. The summed E-state index contributed by atoms with van der Waals surface area (Å²) in [7, 11) is 0. The van der Waals surface area contributed by atoms with Gasteiger partial charge in [-0.2, -0.15) is 5.10 Å². The van der Waals surface area contributed by atoms with Crippen molar-refractivity contribution in [1.82, 2.24) is 9.78 Å². The van der Waals surface area contributed by atoms with Crippen LogP contribution in [0.5, 0.6) is 0 Å². The van der Waals surface area contributed by atoms with E-state index < -0.39 is 12.1 Å². The Hall–Kier alpha value is -1.36. The Balaban J connectivity index is 2.62. The van der Waals surface area contributed by atoms with Crippen molar-refractivity contribution in [3.63, 3.8) is 0 Å². The molecule has 0 spiro atoms. The smallest absolute Gasteiger partial charge is 0.306 e. The van der Waals surface area contributed by atoms with Crippen molar-refractivity contribution in [1.29, 1.82) is 0 Å². The SMILES string of the molecule is CC(C)Cn1ccc([C@@H](O)CC(=O)O)n1. The monoisotopic (exact) mass is 212 g/mol. The highest BCUT2D eigenvalue weighted by molar-refractivity contribution is 5.67. The van der Waals surface area contributed by atoms with Gasteiger partial charge in [-0.15, -0.1) is 0 Å². The molecule has 1 aromatic heterocycles. The molecule has 0 fully saturated rings. The summed E-state index contributed by atoms with van der Waals surface area (Å²) < 4.78 is 1.71. The fourth-order valence-electron chi connectivity index (χ4n) is 1.30. The van der Waals surface area contributed by atoms with Crippen LogP contribution in [0.25, 0.3) is 0 Å². The van der Waals surface area contributed by atoms with Gasteiger partial charge in [0.1, 0.15) is 6.10 Å². The van der Waals surface area contributed by atoms with Gasteiger partial charge in [-0.25, -0.2) is 0 Å². The molecule has 0 aromatic carbocycles. The van der Waals surface area contributed by atoms with Crippen molar-refractivity contribution in [2.24, 2.45) is 5.92 Å². The zero-order valence-corrected chi connectivity index (χ0v) is 8.92. The first kappa shape index (κ1) is 11.7. The largest absolute Gasteiger partial charge is 0.481 e. The van der Waals surface area contributed by atoms with Crippen LogP contribution in [0, 0.1) is 5.92 Å². The molecule has 0 aliphatic rings. The quantitative estimate of drug-likeness (QED) is 0.764. The predicted octanol–water partition coefficient (Wildman–Crippen LogP) is 1.05. The average molecular weight is 212 g/mol. The van der Waals surface area contributed by atoms with Gasteiger partial charge in [0.15, 0.2) is 0 Å². The third kappa shape index (κ3) is 3.71. The summed E-state index contributed by atoms with van der Waals surface area (Å²) in [5, 5.41) is 22.1. The predicted molar refractivity (Wildman–Crippen MR) is 54.3 cm³/mol. The van der Waals surface area contributed by atoms with Gasteiger partial charge in [-0.1, -0.05) is 13.8 Å². The van der Waals surface area contributed by atoms with Crippen molar-refractivity contribution in [3.8, 4) is 0 Å². The van der Waals surface area contributed by atoms with Crippen LogP contribution in [0.2, 0.25) is 0 Å². The first-order chi connectivity index (χ1) is 6.99. The van der Waals surface area contributed by atoms with Crippen LogP contribution >= 0.6 is 0 Å². The van der Waals surface area contributed by atoms with E-state index in [0.29, 0.717) is 11.6 Å². The first-order valence-electron chi connectivity index (χ1n) is 4.92. The number of rotatable bonds is 5. The maximum absolute atomic E-state index is 10.4. The molecule has 1 rings (SSSR count). The van der Waals surface area contributed by atoms with Gasteiger partial charge < -0.3 is 10.2 Å². The van der Waals surface area contributed by atoms with Gasteiger partial charge in [0.2, 0.25) is 0 Å². The lowest BCUT2D eigenvalue weighted by atomic mass is 10.2. The van der Waals surface area contributed by atoms with Crippen LogP contribution in [-0.2, 0) is 11.3 Å². The lowest BCUT2D eigenvalue weighted by Gasteiger charge is -2.05. The highest BCUT2D eigenvalue weighted by Gasteiger charge is 2.14. The van der Waals surface area contributed by atoms with E-state index in [-0.39, 0.29) is 6.42 Å². The number of hydrogen-bond donors (Lipinski definition) is 2. The molecule has 0 saturated carbocycles. The Labute approximate surface area is 88.3 Å². The number of aliphatic hydroxyl groups excluding tert-OH is 1. The fourth-order valence-corrected chi connectivity index (χ4v) is 1.30. The second kappa shape index (κ2) is 4.93. The standard InChI is InChI=1S/C10H16N2O3/c1-7(2)6-12-4-3-8(11-12)9(13)5-10(14)15/h3-4,7,9,13H,5-6H2,1-2H3,(H,14,15)/t9-/m0/s1. The van der Waals surface area contributed by atoms with Gasteiger partial charge in [0.05, 0.1) is 12.1 Å². The third-order valence-corrected chi connectivity index (χ3v) is 1.92. The zero-order valence-electron chi connectivity index (χ0n) is 8.92. The molecule has 5 nitrogen and oxygen atoms in total. The number of hydrogen-bond acceptors (Lipinski definition) is 3. The summed E-state index contributed by atoms with van der Waals surface area (Å²) in [4.78, 5) is 10.4. The average Bonchev–Trinajstić information content (AvgIpc) is 2.50. The summed E-state index contributed by atoms with van der Waals surface area (Å²) in [5.74, 6) is -0.560. The maximum atomic E-state index is 10.4. The fraction of sp³-hybridized carbons (Fsp3) is 0.600. The second-order valence-electron chi connectivity index (χ2n) is 3.97. The molecule has 0 bridgehead atoms. The van der Waals surface area contributed by atoms with Crippen molar-refractivity contribution < 1.29 is 15.0 Å². The molecule has 84 valence electrons. The van der Waals surface area contributed by atoms with Gasteiger partial charge in [0, 0.05) is 12.7 Å². The summed E-state index contributed by atoms with van der Waals surface area (Å²) in [6.07, 6.45) is 0.426. The van der Waals surface area contributed by atoms with E-state index >= 15 is 0 Å². The maximum Gasteiger partial charge on any atom is 0.306 e. The zero-order chi connectivity index (χ0) is 11.4. The van der Waals surface area contributed by atoms with Gasteiger partial charge >= 0.3 is 5.97 Å². The molecule has 1 heterocycles. The number of carboxylic acid groups (broad SMARTS) is 1. The minimum Gasteiger partial charge on any atom is -0.481 e. The first-order valence-corrected chi connectivity index (χ1v) is 4.92. The minimum atomic E-state index is -1.03. The van der Waals surface area contributed by atoms with E-state index in [1.54, 1.807) is 16.9 Å². The molecule has 0 aliphatic heterocycles. The van der Waals surface area contributed by atoms with Crippen molar-refractivity contribution in [2.75, 3.05) is 0 Å². The molecule has 15 heavy (non-hydrogen) atoms. The lowest BCUT2D eigenvalue weighted by molar-refractivity contribution is -0.139. The van der Waals surface area contributed by atoms with Crippen molar-refractivity contribution in [2.45, 2.75) is 32.9 Å². The molecular formula is C10H16N2O3. The van der Waals surface area contributed by atoms with E-state index in [0.717, 1.165) is 6.54 Å². The Morgan fingerprint density at radius 3 is 2.80 bits per heavy atom. The number of nitrogens with zero attached hydrogens (tertiary/aromatic N) is 2. The number of aliphatic hydroxyl groups is 1. The van der Waals surface area contributed by atoms with Crippen LogP contribution in [0.1, 0.15) is 32.1 Å². The van der Waals surface area contributed by atoms with Gasteiger partial charge in [-0.05, 0) is 12.0 Å². The van der Waals surface area contributed by atoms with E-state index in [2.05, 4.69) is 18.9 Å². The minimum absolute atomic E-state index is 0.307. The van der Waals surface area contributed by atoms with Crippen molar-refractivity contribution >= 4 is 5.97 Å². The molecule has 0 unspecified atom stereocenters. The molecule has 1 aromatic rings. The summed E-state index contributed by atoms with van der Waals surface area (Å²) in [6, 6.07) is 1.65. The van der Waals surface area contributed by atoms with Gasteiger partial charge in [-0.3, -0.25) is 9.48 Å². The number of carbonyl (C=O) groups is 1. The summed E-state index contributed by atoms with van der Waals surface area (Å²) in [5.41, 5.74) is 0.415. The van der Waals surface area contributed by atoms with E-state index in [1.807, 2.05) is 0 Å². The van der Waals surface area contributed by atoms with Crippen LogP contribution in [-0.4, -0.2) is 26.0 Å². The second-order valence-corrected chi connectivity index (χ2v) is 3.97. The molecule has 0 saturated heterocycles. The molecule has 1 atom stereocenters. The van der Waals surface area contributed by atoms with E-state index in [1.165, 1.54) is 0 Å². The molecular weight excluding hydrogens is 196 g/mol. The molecule has 5 heteroatoms. The van der Waals surface area contributed by atoms with Crippen molar-refractivity contribution in [3.05, 3.63) is 18.0 Å². The number of aromatic nitrogens is 2. The van der Waals surface area contributed by atoms with Crippen LogP contribution < -0.4 is 0 Å². The van der Waals surface area contributed by atoms with E-state index in [4.69, 9.17) is 5.11 Å². The Morgan fingerprint density at radius 2 is 2.27 bits per heavy atom. The van der Waals surface area contributed by atoms with Crippen LogP contribution in [0.3, 0.4) is 0 Å². The Bertz CT molecular complexity index is 333. The lowest BCUT2D eigenvalue weighted by Crippen LogP contribution is -2.09. The summed E-state index contributed by atoms with van der Waals surface area (Å²) >= 11 is 0. The molecule has 0 amide bonds. The topological polar surface area (TPSA) is 75.4 Å². The van der Waals surface area contributed by atoms with Crippen LogP contribution in [0.15, 0.2) is 12.3 Å². The Kier molecular flexibility index (Phi) is 3.85. The molecule has 0 radical (unpaired) electrons. The number of carboxylic acids is 1. The third-order valence-electron chi connectivity index (χ3n) is 1.92. The Morgan fingerprint density at radius 1 is 1.60 bits per heavy atom. The normalized spacial score (nSPS) is 13.1. The highest BCUT2D eigenvalue weighted by Crippen LogP contribution is 2.14. The van der Waals surface area contributed by atoms with E-state index in [9.17, 15) is 9.90 Å². The molecule has 2 N–H and O–H groups in total. The summed E-state index contributed by atoms with van der Waals surface area (Å²) in [6.45, 7) is 4.89. The number of aliphatic carboxylic acids is 1. The highest BCUT2D eigenvalue weighted by atomic mass is 16.4. The van der Waals surface area contributed by atoms with Crippen LogP contribution in [0.4, 0.5) is 0 Å².